The van der Waals surface area contributed by atoms with Gasteiger partial charge in [0.1, 0.15) is 5.69 Å². The Morgan fingerprint density at radius 2 is 1.90 bits per heavy atom. The quantitative estimate of drug-likeness (QED) is 0.782. The SMILES string of the molecule is Cn1nc(-c2ccc(Cl)cc2)c2c(Cl)c(C(=O)O)cnc21. The molecular formula is C14H9Cl2N3O2. The van der Waals surface area contributed by atoms with Crippen LogP contribution in [0.2, 0.25) is 10.0 Å². The fourth-order valence-corrected chi connectivity index (χ4v) is 2.57. The van der Waals surface area contributed by atoms with E-state index >= 15 is 0 Å². The van der Waals surface area contributed by atoms with Gasteiger partial charge in [-0.25, -0.2) is 14.5 Å². The van der Waals surface area contributed by atoms with Crippen molar-refractivity contribution in [3.8, 4) is 11.3 Å². The third-order valence-electron chi connectivity index (χ3n) is 3.14. The number of rotatable bonds is 2. The summed E-state index contributed by atoms with van der Waals surface area (Å²) in [6.07, 6.45) is 1.24. The highest BCUT2D eigenvalue weighted by Crippen LogP contribution is 2.34. The van der Waals surface area contributed by atoms with E-state index in [1.807, 2.05) is 0 Å². The molecule has 0 unspecified atom stereocenters. The second-order valence-corrected chi connectivity index (χ2v) is 5.28. The fraction of sp³-hybridized carbons (Fsp3) is 0.0714. The first-order valence-corrected chi connectivity index (χ1v) is 6.75. The Kier molecular flexibility index (Phi) is 3.31. The van der Waals surface area contributed by atoms with Gasteiger partial charge in [0.2, 0.25) is 0 Å². The van der Waals surface area contributed by atoms with Gasteiger partial charge in [0, 0.05) is 23.8 Å². The monoisotopic (exact) mass is 321 g/mol. The van der Waals surface area contributed by atoms with E-state index in [4.69, 9.17) is 28.3 Å². The number of halogens is 2. The van der Waals surface area contributed by atoms with Gasteiger partial charge in [0.05, 0.1) is 16.0 Å². The maximum atomic E-state index is 11.2. The molecule has 106 valence electrons. The number of carbonyl (C=O) groups is 1. The Labute approximate surface area is 129 Å². The molecular weight excluding hydrogens is 313 g/mol. The number of aromatic carboxylic acids is 1. The number of nitrogens with zero attached hydrogens (tertiary/aromatic N) is 3. The highest BCUT2D eigenvalue weighted by atomic mass is 35.5. The van der Waals surface area contributed by atoms with Crippen LogP contribution in [-0.4, -0.2) is 25.8 Å². The summed E-state index contributed by atoms with van der Waals surface area (Å²) in [6.45, 7) is 0. The molecule has 0 fully saturated rings. The molecule has 0 aliphatic carbocycles. The van der Waals surface area contributed by atoms with Gasteiger partial charge in [0.25, 0.3) is 0 Å². The van der Waals surface area contributed by atoms with Crippen molar-refractivity contribution < 1.29 is 9.90 Å². The summed E-state index contributed by atoms with van der Waals surface area (Å²) < 4.78 is 1.57. The molecule has 1 N–H and O–H groups in total. The van der Waals surface area contributed by atoms with Gasteiger partial charge in [-0.1, -0.05) is 35.3 Å². The Bertz CT molecular complexity index is 857. The Hall–Kier alpha value is -2.11. The summed E-state index contributed by atoms with van der Waals surface area (Å²) in [5.41, 5.74) is 1.84. The van der Waals surface area contributed by atoms with Crippen molar-refractivity contribution in [1.82, 2.24) is 14.8 Å². The van der Waals surface area contributed by atoms with Gasteiger partial charge in [-0.3, -0.25) is 0 Å². The Morgan fingerprint density at radius 1 is 1.24 bits per heavy atom. The lowest BCUT2D eigenvalue weighted by molar-refractivity contribution is 0.0697. The lowest BCUT2D eigenvalue weighted by Gasteiger charge is -2.02. The van der Waals surface area contributed by atoms with Crippen molar-refractivity contribution in [3.63, 3.8) is 0 Å². The molecule has 2 heterocycles. The molecule has 0 aliphatic heterocycles. The van der Waals surface area contributed by atoms with E-state index in [2.05, 4.69) is 10.1 Å². The van der Waals surface area contributed by atoms with Crippen LogP contribution in [0.5, 0.6) is 0 Å². The fourth-order valence-electron chi connectivity index (χ4n) is 2.14. The second kappa shape index (κ2) is 5.02. The van der Waals surface area contributed by atoms with Gasteiger partial charge in [-0.05, 0) is 12.1 Å². The Morgan fingerprint density at radius 3 is 2.52 bits per heavy atom. The van der Waals surface area contributed by atoms with Crippen LogP contribution >= 0.6 is 23.2 Å². The Balaban J connectivity index is 2.35. The van der Waals surface area contributed by atoms with Crippen molar-refractivity contribution in [2.45, 2.75) is 0 Å². The van der Waals surface area contributed by atoms with Crippen LogP contribution in [0.25, 0.3) is 22.3 Å². The van der Waals surface area contributed by atoms with Crippen LogP contribution in [0.3, 0.4) is 0 Å². The van der Waals surface area contributed by atoms with Gasteiger partial charge < -0.3 is 5.11 Å². The predicted octanol–water partition coefficient (Wildman–Crippen LogP) is 3.64. The van der Waals surface area contributed by atoms with Gasteiger partial charge >= 0.3 is 5.97 Å². The predicted molar refractivity (Wildman–Crippen MR) is 80.9 cm³/mol. The molecule has 21 heavy (non-hydrogen) atoms. The summed E-state index contributed by atoms with van der Waals surface area (Å²) in [5, 5.41) is 14.8. The average Bonchev–Trinajstić information content (AvgIpc) is 2.78. The van der Waals surface area contributed by atoms with Crippen molar-refractivity contribution >= 4 is 40.2 Å². The van der Waals surface area contributed by atoms with Gasteiger partial charge in [-0.15, -0.1) is 0 Å². The number of pyridine rings is 1. The summed E-state index contributed by atoms with van der Waals surface area (Å²) in [4.78, 5) is 15.3. The lowest BCUT2D eigenvalue weighted by Crippen LogP contribution is -2.00. The van der Waals surface area contributed by atoms with E-state index in [9.17, 15) is 4.79 Å². The number of carboxylic acid groups (broad SMARTS) is 1. The third kappa shape index (κ3) is 2.24. The molecule has 7 heteroatoms. The zero-order valence-electron chi connectivity index (χ0n) is 10.8. The van der Waals surface area contributed by atoms with Crippen molar-refractivity contribution in [2.75, 3.05) is 0 Å². The highest BCUT2D eigenvalue weighted by Gasteiger charge is 2.20. The molecule has 0 saturated heterocycles. The number of aryl methyl sites for hydroxylation is 1. The smallest absolute Gasteiger partial charge is 0.338 e. The third-order valence-corrected chi connectivity index (χ3v) is 3.78. The molecule has 2 aromatic heterocycles. The van der Waals surface area contributed by atoms with E-state index in [1.54, 1.807) is 36.0 Å². The minimum atomic E-state index is -1.12. The lowest BCUT2D eigenvalue weighted by atomic mass is 10.1. The first-order chi connectivity index (χ1) is 9.99. The summed E-state index contributed by atoms with van der Waals surface area (Å²) in [6, 6.07) is 7.07. The molecule has 0 saturated carbocycles. The summed E-state index contributed by atoms with van der Waals surface area (Å²) in [7, 11) is 1.73. The molecule has 3 aromatic rings. The average molecular weight is 322 g/mol. The van der Waals surface area contributed by atoms with E-state index in [0.29, 0.717) is 21.7 Å². The normalized spacial score (nSPS) is 11.0. The molecule has 0 spiro atoms. The largest absolute Gasteiger partial charge is 0.478 e. The second-order valence-electron chi connectivity index (χ2n) is 4.47. The van der Waals surface area contributed by atoms with Crippen molar-refractivity contribution in [3.05, 3.63) is 46.1 Å². The number of hydrogen-bond acceptors (Lipinski definition) is 3. The zero-order valence-corrected chi connectivity index (χ0v) is 12.4. The van der Waals surface area contributed by atoms with Crippen LogP contribution in [0.1, 0.15) is 10.4 Å². The van der Waals surface area contributed by atoms with E-state index < -0.39 is 5.97 Å². The maximum absolute atomic E-state index is 11.2. The molecule has 0 aliphatic rings. The van der Waals surface area contributed by atoms with Crippen LogP contribution in [0.4, 0.5) is 0 Å². The molecule has 0 bridgehead atoms. The molecule has 0 atom stereocenters. The highest BCUT2D eigenvalue weighted by molar-refractivity contribution is 6.39. The minimum absolute atomic E-state index is 0.0487. The molecule has 5 nitrogen and oxygen atoms in total. The van der Waals surface area contributed by atoms with Crippen molar-refractivity contribution in [2.24, 2.45) is 7.05 Å². The minimum Gasteiger partial charge on any atom is -0.478 e. The van der Waals surface area contributed by atoms with Crippen LogP contribution in [0.15, 0.2) is 30.5 Å². The first-order valence-electron chi connectivity index (χ1n) is 5.99. The molecule has 1 aromatic carbocycles. The van der Waals surface area contributed by atoms with E-state index in [1.165, 1.54) is 6.20 Å². The van der Waals surface area contributed by atoms with Crippen LogP contribution in [0, 0.1) is 0 Å². The first kappa shape index (κ1) is 13.9. The standard InChI is InChI=1S/C14H9Cl2N3O2/c1-19-13-10(11(16)9(6-17-13)14(20)21)12(18-19)7-2-4-8(15)5-3-7/h2-6H,1H3,(H,20,21). The molecule has 0 radical (unpaired) electrons. The van der Waals surface area contributed by atoms with Gasteiger partial charge in [-0.2, -0.15) is 5.10 Å². The number of hydrogen-bond donors (Lipinski definition) is 1. The van der Waals surface area contributed by atoms with Crippen LogP contribution < -0.4 is 0 Å². The molecule has 3 rings (SSSR count). The zero-order chi connectivity index (χ0) is 15.1. The number of carboxylic acids is 1. The molecule has 0 amide bonds. The van der Waals surface area contributed by atoms with E-state index in [0.717, 1.165) is 5.56 Å². The van der Waals surface area contributed by atoms with Crippen LogP contribution in [-0.2, 0) is 7.05 Å². The summed E-state index contributed by atoms with van der Waals surface area (Å²) in [5.74, 6) is -1.12. The number of aromatic nitrogens is 3. The van der Waals surface area contributed by atoms with E-state index in [-0.39, 0.29) is 10.6 Å². The summed E-state index contributed by atoms with van der Waals surface area (Å²) >= 11 is 12.1. The maximum Gasteiger partial charge on any atom is 0.338 e. The number of fused-ring (bicyclic) bond motifs is 1. The number of benzene rings is 1. The van der Waals surface area contributed by atoms with Crippen molar-refractivity contribution in [1.29, 1.82) is 0 Å². The topological polar surface area (TPSA) is 68.0 Å². The van der Waals surface area contributed by atoms with Gasteiger partial charge in [0.15, 0.2) is 5.65 Å².